The van der Waals surface area contributed by atoms with Crippen molar-refractivity contribution < 1.29 is 14.3 Å². The molecule has 7 heteroatoms. The predicted molar refractivity (Wildman–Crippen MR) is 121 cm³/mol. The summed E-state index contributed by atoms with van der Waals surface area (Å²) in [5, 5.41) is 3.90. The van der Waals surface area contributed by atoms with Crippen LogP contribution in [0.2, 0.25) is 10.0 Å². The molecule has 1 atom stereocenters. The molecule has 0 fully saturated rings. The van der Waals surface area contributed by atoms with Gasteiger partial charge < -0.3 is 10.1 Å². The van der Waals surface area contributed by atoms with E-state index in [1.54, 1.807) is 72.8 Å². The highest BCUT2D eigenvalue weighted by Crippen LogP contribution is 2.22. The number of anilines is 1. The van der Waals surface area contributed by atoms with Crippen molar-refractivity contribution in [3.05, 3.63) is 94.0 Å². The van der Waals surface area contributed by atoms with E-state index in [4.69, 9.17) is 39.5 Å². The normalized spacial score (nSPS) is 11.6. The predicted octanol–water partition coefficient (Wildman–Crippen LogP) is 6.50. The summed E-state index contributed by atoms with van der Waals surface area (Å²) in [6.45, 7) is 0. The van der Waals surface area contributed by atoms with Gasteiger partial charge in [-0.05, 0) is 60.7 Å². The number of nitrogens with one attached hydrogen (secondary N) is 1. The molecule has 0 aliphatic rings. The summed E-state index contributed by atoms with van der Waals surface area (Å²) in [5.41, 5.74) is 1.50. The van der Waals surface area contributed by atoms with Crippen LogP contribution in [0, 0.1) is 0 Å². The van der Waals surface area contributed by atoms with Crippen LogP contribution in [-0.2, 0) is 0 Å². The van der Waals surface area contributed by atoms with Crippen LogP contribution >= 0.6 is 34.8 Å². The number of benzene rings is 3. The van der Waals surface area contributed by atoms with E-state index >= 15 is 0 Å². The van der Waals surface area contributed by atoms with E-state index in [0.29, 0.717) is 39.0 Å². The van der Waals surface area contributed by atoms with Crippen LogP contribution in [0.15, 0.2) is 72.8 Å². The standard InChI is InChI=1S/C23H18Cl3NO3/c24-13-12-21(22(28)15-4-8-17(25)9-5-15)30-20-3-1-2-19(14-20)27-23(29)16-6-10-18(26)11-7-16/h1-11,14,21H,12-13H2,(H,27,29). The highest BCUT2D eigenvalue weighted by Gasteiger charge is 2.22. The van der Waals surface area contributed by atoms with E-state index in [2.05, 4.69) is 5.32 Å². The van der Waals surface area contributed by atoms with Gasteiger partial charge in [0.05, 0.1) is 0 Å². The molecule has 0 radical (unpaired) electrons. The molecule has 4 nitrogen and oxygen atoms in total. The molecule has 0 spiro atoms. The molecule has 30 heavy (non-hydrogen) atoms. The first kappa shape index (κ1) is 22.2. The molecule has 0 aliphatic heterocycles. The van der Waals surface area contributed by atoms with Crippen molar-refractivity contribution in [1.82, 2.24) is 0 Å². The Hall–Kier alpha value is -2.53. The molecular formula is C23H18Cl3NO3. The maximum absolute atomic E-state index is 12.8. The number of hydrogen-bond acceptors (Lipinski definition) is 3. The van der Waals surface area contributed by atoms with E-state index in [-0.39, 0.29) is 17.6 Å². The lowest BCUT2D eigenvalue weighted by atomic mass is 10.0. The molecule has 0 aromatic heterocycles. The van der Waals surface area contributed by atoms with Gasteiger partial charge in [0.15, 0.2) is 6.10 Å². The van der Waals surface area contributed by atoms with E-state index in [0.717, 1.165) is 0 Å². The van der Waals surface area contributed by atoms with Crippen molar-refractivity contribution >= 4 is 52.2 Å². The summed E-state index contributed by atoms with van der Waals surface area (Å²) in [4.78, 5) is 25.2. The van der Waals surface area contributed by atoms with Crippen molar-refractivity contribution in [2.75, 3.05) is 11.2 Å². The van der Waals surface area contributed by atoms with Crippen LogP contribution in [0.1, 0.15) is 27.1 Å². The largest absolute Gasteiger partial charge is 0.482 e. The minimum absolute atomic E-state index is 0.192. The Morgan fingerprint density at radius 2 is 1.47 bits per heavy atom. The van der Waals surface area contributed by atoms with Gasteiger partial charge in [0.1, 0.15) is 5.75 Å². The van der Waals surface area contributed by atoms with Crippen LogP contribution in [0.25, 0.3) is 0 Å². The fraction of sp³-hybridized carbons (Fsp3) is 0.130. The Morgan fingerprint density at radius 3 is 2.07 bits per heavy atom. The zero-order valence-corrected chi connectivity index (χ0v) is 18.0. The van der Waals surface area contributed by atoms with Gasteiger partial charge >= 0.3 is 0 Å². The number of halogens is 3. The molecule has 3 rings (SSSR count). The first-order valence-electron chi connectivity index (χ1n) is 9.15. The van der Waals surface area contributed by atoms with Crippen LogP contribution in [0.3, 0.4) is 0 Å². The van der Waals surface area contributed by atoms with E-state index < -0.39 is 6.10 Å². The SMILES string of the molecule is O=C(Nc1cccc(OC(CCCl)C(=O)c2ccc(Cl)cc2)c1)c1ccc(Cl)cc1. The zero-order chi connectivity index (χ0) is 21.5. The van der Waals surface area contributed by atoms with Gasteiger partial charge in [0.2, 0.25) is 5.78 Å². The summed E-state index contributed by atoms with van der Waals surface area (Å²) in [6, 6.07) is 20.0. The van der Waals surface area contributed by atoms with Crippen molar-refractivity contribution in [1.29, 1.82) is 0 Å². The molecule has 0 saturated heterocycles. The highest BCUT2D eigenvalue weighted by atomic mass is 35.5. The van der Waals surface area contributed by atoms with Crippen molar-refractivity contribution in [2.24, 2.45) is 0 Å². The Balaban J connectivity index is 1.73. The Bertz CT molecular complexity index is 1020. The number of ketones is 1. The fourth-order valence-corrected chi connectivity index (χ4v) is 3.21. The number of rotatable bonds is 8. The van der Waals surface area contributed by atoms with Crippen LogP contribution in [-0.4, -0.2) is 23.7 Å². The highest BCUT2D eigenvalue weighted by molar-refractivity contribution is 6.31. The third kappa shape index (κ3) is 5.99. The van der Waals surface area contributed by atoms with Crippen LogP contribution in [0.5, 0.6) is 5.75 Å². The molecule has 3 aromatic rings. The zero-order valence-electron chi connectivity index (χ0n) is 15.8. The molecule has 1 unspecified atom stereocenters. The van der Waals surface area contributed by atoms with Gasteiger partial charge in [0.25, 0.3) is 5.91 Å². The van der Waals surface area contributed by atoms with E-state index in [1.165, 1.54) is 0 Å². The fourth-order valence-electron chi connectivity index (χ4n) is 2.76. The molecule has 1 N–H and O–H groups in total. The van der Waals surface area contributed by atoms with Crippen LogP contribution in [0.4, 0.5) is 5.69 Å². The molecule has 3 aromatic carbocycles. The first-order valence-corrected chi connectivity index (χ1v) is 10.4. The number of carbonyl (C=O) groups is 2. The minimum atomic E-state index is -0.758. The van der Waals surface area contributed by atoms with Crippen molar-refractivity contribution in [2.45, 2.75) is 12.5 Å². The van der Waals surface area contributed by atoms with Gasteiger partial charge in [-0.1, -0.05) is 29.3 Å². The summed E-state index contributed by atoms with van der Waals surface area (Å²) in [7, 11) is 0. The maximum Gasteiger partial charge on any atom is 0.255 e. The number of hydrogen-bond donors (Lipinski definition) is 1. The smallest absolute Gasteiger partial charge is 0.255 e. The summed E-state index contributed by atoms with van der Waals surface area (Å²) < 4.78 is 5.91. The summed E-state index contributed by atoms with van der Waals surface area (Å²) >= 11 is 17.6. The number of carbonyl (C=O) groups excluding carboxylic acids is 2. The monoisotopic (exact) mass is 461 g/mol. The number of amides is 1. The Labute approximate surface area is 189 Å². The number of alkyl halides is 1. The lowest BCUT2D eigenvalue weighted by Gasteiger charge is -2.18. The van der Waals surface area contributed by atoms with Crippen molar-refractivity contribution in [3.63, 3.8) is 0 Å². The summed E-state index contributed by atoms with van der Waals surface area (Å²) in [6.07, 6.45) is -0.421. The van der Waals surface area contributed by atoms with Crippen LogP contribution < -0.4 is 10.1 Å². The second kappa shape index (κ2) is 10.5. The lowest BCUT2D eigenvalue weighted by molar-refractivity contribution is 0.0787. The van der Waals surface area contributed by atoms with Crippen molar-refractivity contribution in [3.8, 4) is 5.75 Å². The van der Waals surface area contributed by atoms with Gasteiger partial charge in [-0.15, -0.1) is 11.6 Å². The lowest BCUT2D eigenvalue weighted by Crippen LogP contribution is -2.28. The van der Waals surface area contributed by atoms with E-state index in [1.807, 2.05) is 0 Å². The number of Topliss-reactive ketones (excluding diaryl/α,β-unsaturated/α-hetero) is 1. The molecule has 0 bridgehead atoms. The molecular weight excluding hydrogens is 445 g/mol. The maximum atomic E-state index is 12.8. The van der Waals surface area contributed by atoms with Gasteiger partial charge in [-0.2, -0.15) is 0 Å². The third-order valence-corrected chi connectivity index (χ3v) is 4.99. The topological polar surface area (TPSA) is 55.4 Å². The summed E-state index contributed by atoms with van der Waals surface area (Å²) in [5.74, 6) is 0.236. The van der Waals surface area contributed by atoms with Gasteiger partial charge in [0, 0.05) is 45.2 Å². The second-order valence-corrected chi connectivity index (χ2v) is 7.69. The average molecular weight is 463 g/mol. The second-order valence-electron chi connectivity index (χ2n) is 6.44. The Kier molecular flexibility index (Phi) is 7.75. The third-order valence-electron chi connectivity index (χ3n) is 4.27. The quantitative estimate of drug-likeness (QED) is 0.307. The van der Waals surface area contributed by atoms with Gasteiger partial charge in [-0.3, -0.25) is 9.59 Å². The number of ether oxygens (including phenoxy) is 1. The van der Waals surface area contributed by atoms with E-state index in [9.17, 15) is 9.59 Å². The molecule has 1 amide bonds. The van der Waals surface area contributed by atoms with Gasteiger partial charge in [-0.25, -0.2) is 0 Å². The molecule has 0 heterocycles. The Morgan fingerprint density at radius 1 is 0.867 bits per heavy atom. The molecule has 154 valence electrons. The molecule has 0 saturated carbocycles. The molecule has 0 aliphatic carbocycles. The first-order chi connectivity index (χ1) is 14.5. The minimum Gasteiger partial charge on any atom is -0.482 e. The average Bonchev–Trinajstić information content (AvgIpc) is 2.74.